The van der Waals surface area contributed by atoms with Crippen molar-refractivity contribution in [1.82, 2.24) is 9.78 Å². The minimum atomic E-state index is -3.78. The van der Waals surface area contributed by atoms with Crippen LogP contribution in [-0.4, -0.2) is 18.2 Å². The number of aromatic nitrogens is 2. The second-order valence-electron chi connectivity index (χ2n) is 3.62. The SMILES string of the molecule is Cn1ccc(OS(=O)(=O)/C=C/c2ccccc2)n1. The first-order valence-electron chi connectivity index (χ1n) is 5.22. The molecule has 18 heavy (non-hydrogen) atoms. The summed E-state index contributed by atoms with van der Waals surface area (Å²) in [7, 11) is -2.10. The van der Waals surface area contributed by atoms with E-state index < -0.39 is 10.1 Å². The topological polar surface area (TPSA) is 61.2 Å². The van der Waals surface area contributed by atoms with Gasteiger partial charge in [-0.1, -0.05) is 30.3 Å². The molecular weight excluding hydrogens is 252 g/mol. The number of aryl methyl sites for hydroxylation is 1. The van der Waals surface area contributed by atoms with Gasteiger partial charge in [-0.2, -0.15) is 8.42 Å². The van der Waals surface area contributed by atoms with E-state index in [2.05, 4.69) is 5.10 Å². The van der Waals surface area contributed by atoms with Crippen LogP contribution >= 0.6 is 0 Å². The molecule has 0 spiro atoms. The van der Waals surface area contributed by atoms with Gasteiger partial charge in [0.2, 0.25) is 0 Å². The summed E-state index contributed by atoms with van der Waals surface area (Å²) in [5.74, 6) is 0.0511. The molecule has 0 saturated carbocycles. The van der Waals surface area contributed by atoms with Gasteiger partial charge in [0.1, 0.15) is 0 Å². The van der Waals surface area contributed by atoms with Crippen LogP contribution in [0.3, 0.4) is 0 Å². The zero-order chi connectivity index (χ0) is 13.0. The molecule has 5 nitrogen and oxygen atoms in total. The summed E-state index contributed by atoms with van der Waals surface area (Å²) in [5, 5.41) is 4.84. The molecule has 0 amide bonds. The highest BCUT2D eigenvalue weighted by molar-refractivity contribution is 7.90. The molecule has 0 fully saturated rings. The minimum Gasteiger partial charge on any atom is -0.357 e. The average molecular weight is 264 g/mol. The van der Waals surface area contributed by atoms with E-state index in [1.54, 1.807) is 25.4 Å². The Bertz CT molecular complexity index is 645. The van der Waals surface area contributed by atoms with E-state index in [0.717, 1.165) is 11.0 Å². The molecule has 2 rings (SSSR count). The Kier molecular flexibility index (Phi) is 3.47. The van der Waals surface area contributed by atoms with Crippen LogP contribution in [0.25, 0.3) is 6.08 Å². The predicted octanol–water partition coefficient (Wildman–Crippen LogP) is 1.80. The fraction of sp³-hybridized carbons (Fsp3) is 0.0833. The van der Waals surface area contributed by atoms with Crippen molar-refractivity contribution in [1.29, 1.82) is 0 Å². The molecule has 2 aromatic rings. The van der Waals surface area contributed by atoms with Crippen molar-refractivity contribution in [3.05, 3.63) is 53.6 Å². The van der Waals surface area contributed by atoms with Crippen LogP contribution in [0.5, 0.6) is 5.88 Å². The lowest BCUT2D eigenvalue weighted by Crippen LogP contribution is -2.05. The first kappa shape index (κ1) is 12.4. The van der Waals surface area contributed by atoms with Crippen molar-refractivity contribution < 1.29 is 12.6 Å². The highest BCUT2D eigenvalue weighted by Crippen LogP contribution is 2.10. The van der Waals surface area contributed by atoms with E-state index in [1.165, 1.54) is 16.8 Å². The molecule has 94 valence electrons. The normalized spacial score (nSPS) is 11.8. The highest BCUT2D eigenvalue weighted by atomic mass is 32.2. The summed E-state index contributed by atoms with van der Waals surface area (Å²) in [5.41, 5.74) is 0.783. The summed E-state index contributed by atoms with van der Waals surface area (Å²) < 4.78 is 29.5. The zero-order valence-electron chi connectivity index (χ0n) is 9.72. The van der Waals surface area contributed by atoms with Gasteiger partial charge < -0.3 is 4.18 Å². The second kappa shape index (κ2) is 5.05. The van der Waals surface area contributed by atoms with Gasteiger partial charge in [-0.15, -0.1) is 5.10 Å². The number of benzene rings is 1. The first-order valence-corrected chi connectivity index (χ1v) is 6.69. The third-order valence-electron chi connectivity index (χ3n) is 2.12. The Morgan fingerprint density at radius 2 is 1.94 bits per heavy atom. The van der Waals surface area contributed by atoms with Gasteiger partial charge in [0.25, 0.3) is 5.88 Å². The third-order valence-corrected chi connectivity index (χ3v) is 2.99. The Balaban J connectivity index is 2.10. The van der Waals surface area contributed by atoms with Crippen LogP contribution in [0.4, 0.5) is 0 Å². The lowest BCUT2D eigenvalue weighted by molar-refractivity contribution is 0.480. The molecule has 0 N–H and O–H groups in total. The quantitative estimate of drug-likeness (QED) is 0.790. The molecule has 1 aromatic carbocycles. The lowest BCUT2D eigenvalue weighted by atomic mass is 10.2. The molecular formula is C12H12N2O3S. The average Bonchev–Trinajstić information content (AvgIpc) is 2.73. The van der Waals surface area contributed by atoms with Gasteiger partial charge in [-0.05, 0) is 11.6 Å². The number of nitrogens with zero attached hydrogens (tertiary/aromatic N) is 2. The lowest BCUT2D eigenvalue weighted by Gasteiger charge is -1.98. The largest absolute Gasteiger partial charge is 0.357 e. The van der Waals surface area contributed by atoms with Crippen LogP contribution in [0.1, 0.15) is 5.56 Å². The minimum absolute atomic E-state index is 0.0511. The van der Waals surface area contributed by atoms with E-state index in [0.29, 0.717) is 0 Å². The number of rotatable bonds is 4. The van der Waals surface area contributed by atoms with E-state index in [-0.39, 0.29) is 5.88 Å². The summed E-state index contributed by atoms with van der Waals surface area (Å²) in [6.45, 7) is 0. The van der Waals surface area contributed by atoms with E-state index in [1.807, 2.05) is 18.2 Å². The fourth-order valence-electron chi connectivity index (χ4n) is 1.31. The maximum atomic E-state index is 11.6. The highest BCUT2D eigenvalue weighted by Gasteiger charge is 2.09. The standard InChI is InChI=1S/C12H12N2O3S/c1-14-9-7-12(13-14)17-18(15,16)10-8-11-5-3-2-4-6-11/h2-10H,1H3/b10-8+. The monoisotopic (exact) mass is 264 g/mol. The van der Waals surface area contributed by atoms with E-state index in [4.69, 9.17) is 4.18 Å². The maximum absolute atomic E-state index is 11.6. The Labute approximate surface area is 105 Å². The van der Waals surface area contributed by atoms with Crippen LogP contribution in [0.2, 0.25) is 0 Å². The van der Waals surface area contributed by atoms with Gasteiger partial charge in [-0.3, -0.25) is 4.68 Å². The van der Waals surface area contributed by atoms with Crippen LogP contribution in [-0.2, 0) is 17.2 Å². The molecule has 0 radical (unpaired) electrons. The molecule has 0 atom stereocenters. The van der Waals surface area contributed by atoms with Crippen LogP contribution < -0.4 is 4.18 Å². The molecule has 0 unspecified atom stereocenters. The third kappa shape index (κ3) is 3.46. The van der Waals surface area contributed by atoms with Crippen molar-refractivity contribution in [3.8, 4) is 5.88 Å². The Hall–Kier alpha value is -2.08. The van der Waals surface area contributed by atoms with Crippen LogP contribution in [0.15, 0.2) is 48.0 Å². The summed E-state index contributed by atoms with van der Waals surface area (Å²) in [6, 6.07) is 10.6. The molecule has 1 heterocycles. The van der Waals surface area contributed by atoms with Gasteiger partial charge >= 0.3 is 10.1 Å². The summed E-state index contributed by atoms with van der Waals surface area (Å²) >= 11 is 0. The molecule has 0 aliphatic rings. The van der Waals surface area contributed by atoms with Gasteiger partial charge in [-0.25, -0.2) is 0 Å². The summed E-state index contributed by atoms with van der Waals surface area (Å²) in [4.78, 5) is 0. The predicted molar refractivity (Wildman–Crippen MR) is 68.2 cm³/mol. The molecule has 0 saturated heterocycles. The molecule has 1 aromatic heterocycles. The first-order chi connectivity index (χ1) is 8.55. The van der Waals surface area contributed by atoms with E-state index in [9.17, 15) is 8.42 Å². The van der Waals surface area contributed by atoms with E-state index >= 15 is 0 Å². The number of hydrogen-bond donors (Lipinski definition) is 0. The van der Waals surface area contributed by atoms with Crippen molar-refractivity contribution >= 4 is 16.2 Å². The molecule has 0 bridgehead atoms. The van der Waals surface area contributed by atoms with Crippen molar-refractivity contribution in [2.75, 3.05) is 0 Å². The molecule has 0 aliphatic carbocycles. The van der Waals surface area contributed by atoms with Crippen molar-refractivity contribution in [2.45, 2.75) is 0 Å². The molecule has 0 aliphatic heterocycles. The van der Waals surface area contributed by atoms with Gasteiger partial charge in [0.15, 0.2) is 0 Å². The molecule has 6 heteroatoms. The number of hydrogen-bond acceptors (Lipinski definition) is 4. The van der Waals surface area contributed by atoms with Crippen molar-refractivity contribution in [3.63, 3.8) is 0 Å². The Morgan fingerprint density at radius 1 is 1.22 bits per heavy atom. The van der Waals surface area contributed by atoms with Crippen molar-refractivity contribution in [2.24, 2.45) is 7.05 Å². The second-order valence-corrected chi connectivity index (χ2v) is 5.04. The summed E-state index contributed by atoms with van der Waals surface area (Å²) in [6.07, 6.45) is 3.07. The maximum Gasteiger partial charge on any atom is 0.333 e. The zero-order valence-corrected chi connectivity index (χ0v) is 10.5. The van der Waals surface area contributed by atoms with Gasteiger partial charge in [0, 0.05) is 19.3 Å². The smallest absolute Gasteiger partial charge is 0.333 e. The van der Waals surface area contributed by atoms with Crippen LogP contribution in [0, 0.1) is 0 Å². The fourth-order valence-corrected chi connectivity index (χ4v) is 2.02. The Morgan fingerprint density at radius 3 is 2.56 bits per heavy atom. The van der Waals surface area contributed by atoms with Gasteiger partial charge in [0.05, 0.1) is 5.41 Å².